The standard InChI is InChI=1S/C16H18N4/c1-11-9-15(13(10-17)12(2)18-11)19-14-7-5-6-8-16(14)20(3)4/h5-9H,1-4H3,(H,18,19). The van der Waals surface area contributed by atoms with E-state index in [-0.39, 0.29) is 0 Å². The van der Waals surface area contributed by atoms with Gasteiger partial charge in [0.05, 0.1) is 28.3 Å². The molecule has 0 spiro atoms. The largest absolute Gasteiger partial charge is 0.376 e. The molecule has 1 heterocycles. The average Bonchev–Trinajstić information content (AvgIpc) is 2.38. The molecule has 0 saturated carbocycles. The Labute approximate surface area is 119 Å². The maximum atomic E-state index is 9.31. The van der Waals surface area contributed by atoms with E-state index in [4.69, 9.17) is 0 Å². The van der Waals surface area contributed by atoms with Crippen molar-refractivity contribution in [3.63, 3.8) is 0 Å². The lowest BCUT2D eigenvalue weighted by atomic mass is 10.1. The van der Waals surface area contributed by atoms with Gasteiger partial charge in [-0.2, -0.15) is 5.26 Å². The molecule has 0 aliphatic carbocycles. The number of hydrogen-bond acceptors (Lipinski definition) is 4. The maximum absolute atomic E-state index is 9.31. The van der Waals surface area contributed by atoms with Gasteiger partial charge in [0.1, 0.15) is 6.07 Å². The van der Waals surface area contributed by atoms with E-state index in [1.807, 2.05) is 63.2 Å². The molecule has 4 nitrogen and oxygen atoms in total. The number of nitriles is 1. The van der Waals surface area contributed by atoms with Crippen LogP contribution in [0.1, 0.15) is 17.0 Å². The summed E-state index contributed by atoms with van der Waals surface area (Å²) in [6.07, 6.45) is 0. The maximum Gasteiger partial charge on any atom is 0.103 e. The van der Waals surface area contributed by atoms with E-state index in [9.17, 15) is 5.26 Å². The quantitative estimate of drug-likeness (QED) is 0.925. The fraction of sp³-hybridized carbons (Fsp3) is 0.250. The van der Waals surface area contributed by atoms with E-state index in [1.54, 1.807) is 0 Å². The molecule has 2 rings (SSSR count). The predicted octanol–water partition coefficient (Wildman–Crippen LogP) is 3.38. The van der Waals surface area contributed by atoms with Crippen LogP contribution in [-0.2, 0) is 0 Å². The smallest absolute Gasteiger partial charge is 0.103 e. The Hall–Kier alpha value is -2.54. The zero-order chi connectivity index (χ0) is 14.7. The van der Waals surface area contributed by atoms with Crippen molar-refractivity contribution in [2.24, 2.45) is 0 Å². The Kier molecular flexibility index (Phi) is 3.90. The number of rotatable bonds is 3. The molecular weight excluding hydrogens is 248 g/mol. The summed E-state index contributed by atoms with van der Waals surface area (Å²) in [7, 11) is 3.99. The van der Waals surface area contributed by atoms with E-state index >= 15 is 0 Å². The van der Waals surface area contributed by atoms with E-state index in [0.29, 0.717) is 5.56 Å². The van der Waals surface area contributed by atoms with Gasteiger partial charge in [0.25, 0.3) is 0 Å². The number of nitrogens with one attached hydrogen (secondary N) is 1. The molecule has 0 radical (unpaired) electrons. The third-order valence-corrected chi connectivity index (χ3v) is 3.10. The van der Waals surface area contributed by atoms with Gasteiger partial charge in [-0.3, -0.25) is 4.98 Å². The number of nitrogens with zero attached hydrogens (tertiary/aromatic N) is 3. The lowest BCUT2D eigenvalue weighted by Gasteiger charge is -2.19. The van der Waals surface area contributed by atoms with Gasteiger partial charge < -0.3 is 10.2 Å². The number of benzene rings is 1. The van der Waals surface area contributed by atoms with Crippen LogP contribution in [0, 0.1) is 25.2 Å². The van der Waals surface area contributed by atoms with E-state index in [0.717, 1.165) is 28.5 Å². The number of aryl methyl sites for hydroxylation is 2. The average molecular weight is 266 g/mol. The summed E-state index contributed by atoms with van der Waals surface area (Å²) in [6.45, 7) is 3.78. The monoisotopic (exact) mass is 266 g/mol. The van der Waals surface area contributed by atoms with Gasteiger partial charge in [0, 0.05) is 19.8 Å². The molecule has 0 bridgehead atoms. The summed E-state index contributed by atoms with van der Waals surface area (Å²) >= 11 is 0. The second-order valence-electron chi connectivity index (χ2n) is 4.92. The molecule has 0 unspecified atom stereocenters. The van der Waals surface area contributed by atoms with Crippen molar-refractivity contribution in [2.45, 2.75) is 13.8 Å². The highest BCUT2D eigenvalue weighted by Gasteiger charge is 2.10. The Bertz CT molecular complexity index is 669. The van der Waals surface area contributed by atoms with Crippen LogP contribution in [-0.4, -0.2) is 19.1 Å². The zero-order valence-electron chi connectivity index (χ0n) is 12.2. The minimum atomic E-state index is 0.587. The molecule has 0 amide bonds. The van der Waals surface area contributed by atoms with Crippen molar-refractivity contribution in [2.75, 3.05) is 24.3 Å². The molecule has 0 saturated heterocycles. The molecule has 1 aromatic heterocycles. The Morgan fingerprint density at radius 2 is 1.85 bits per heavy atom. The zero-order valence-corrected chi connectivity index (χ0v) is 12.2. The first-order chi connectivity index (χ1) is 9.52. The molecule has 2 aromatic rings. The van der Waals surface area contributed by atoms with Crippen molar-refractivity contribution in [1.29, 1.82) is 5.26 Å². The normalized spacial score (nSPS) is 9.95. The first kappa shape index (κ1) is 13.9. The summed E-state index contributed by atoms with van der Waals surface area (Å²) in [5.74, 6) is 0. The van der Waals surface area contributed by atoms with Gasteiger partial charge in [0.15, 0.2) is 0 Å². The SMILES string of the molecule is Cc1cc(Nc2ccccc2N(C)C)c(C#N)c(C)n1. The highest BCUT2D eigenvalue weighted by molar-refractivity contribution is 5.77. The number of hydrogen-bond donors (Lipinski definition) is 1. The minimum Gasteiger partial charge on any atom is -0.376 e. The van der Waals surface area contributed by atoms with Gasteiger partial charge in [-0.05, 0) is 32.0 Å². The predicted molar refractivity (Wildman–Crippen MR) is 82.5 cm³/mol. The fourth-order valence-electron chi connectivity index (χ4n) is 2.18. The summed E-state index contributed by atoms with van der Waals surface area (Å²) < 4.78 is 0. The molecule has 4 heteroatoms. The molecule has 1 aromatic carbocycles. The Morgan fingerprint density at radius 1 is 1.15 bits per heavy atom. The summed E-state index contributed by atoms with van der Waals surface area (Å²) in [6, 6.07) is 12.1. The Morgan fingerprint density at radius 3 is 2.50 bits per heavy atom. The van der Waals surface area contributed by atoms with Crippen molar-refractivity contribution in [3.05, 3.63) is 47.3 Å². The summed E-state index contributed by atoms with van der Waals surface area (Å²) in [5.41, 5.74) is 5.07. The molecular formula is C16H18N4. The summed E-state index contributed by atoms with van der Waals surface area (Å²) in [4.78, 5) is 6.37. The highest BCUT2D eigenvalue weighted by Crippen LogP contribution is 2.29. The number of aromatic nitrogens is 1. The molecule has 0 aliphatic rings. The van der Waals surface area contributed by atoms with Crippen LogP contribution in [0.2, 0.25) is 0 Å². The van der Waals surface area contributed by atoms with Gasteiger partial charge in [-0.1, -0.05) is 12.1 Å². The lowest BCUT2D eigenvalue weighted by molar-refractivity contribution is 1.11. The molecule has 1 N–H and O–H groups in total. The number of anilines is 3. The molecule has 20 heavy (non-hydrogen) atoms. The number of pyridine rings is 1. The molecule has 0 atom stereocenters. The second-order valence-corrected chi connectivity index (χ2v) is 4.92. The van der Waals surface area contributed by atoms with E-state index < -0.39 is 0 Å². The van der Waals surface area contributed by atoms with Crippen LogP contribution < -0.4 is 10.2 Å². The Balaban J connectivity index is 2.48. The van der Waals surface area contributed by atoms with Crippen molar-refractivity contribution < 1.29 is 0 Å². The topological polar surface area (TPSA) is 52.0 Å². The van der Waals surface area contributed by atoms with Crippen LogP contribution in [0.15, 0.2) is 30.3 Å². The highest BCUT2D eigenvalue weighted by atomic mass is 15.1. The fourth-order valence-corrected chi connectivity index (χ4v) is 2.18. The van der Waals surface area contributed by atoms with Crippen molar-refractivity contribution in [3.8, 4) is 6.07 Å². The van der Waals surface area contributed by atoms with Crippen LogP contribution >= 0.6 is 0 Å². The summed E-state index contributed by atoms with van der Waals surface area (Å²) in [5, 5.41) is 12.7. The van der Waals surface area contributed by atoms with Gasteiger partial charge >= 0.3 is 0 Å². The van der Waals surface area contributed by atoms with E-state index in [1.165, 1.54) is 0 Å². The van der Waals surface area contributed by atoms with Crippen LogP contribution in [0.5, 0.6) is 0 Å². The molecule has 0 aliphatic heterocycles. The minimum absolute atomic E-state index is 0.587. The van der Waals surface area contributed by atoms with Crippen LogP contribution in [0.25, 0.3) is 0 Å². The third kappa shape index (κ3) is 2.72. The van der Waals surface area contributed by atoms with Gasteiger partial charge in [-0.25, -0.2) is 0 Å². The van der Waals surface area contributed by atoms with Gasteiger partial charge in [0.2, 0.25) is 0 Å². The van der Waals surface area contributed by atoms with Crippen LogP contribution in [0.3, 0.4) is 0 Å². The lowest BCUT2D eigenvalue weighted by Crippen LogP contribution is -2.11. The van der Waals surface area contributed by atoms with Gasteiger partial charge in [-0.15, -0.1) is 0 Å². The molecule has 102 valence electrons. The third-order valence-electron chi connectivity index (χ3n) is 3.10. The second kappa shape index (κ2) is 5.62. The van der Waals surface area contributed by atoms with Crippen molar-refractivity contribution >= 4 is 17.1 Å². The first-order valence-electron chi connectivity index (χ1n) is 6.44. The van der Waals surface area contributed by atoms with Crippen LogP contribution in [0.4, 0.5) is 17.1 Å². The molecule has 0 fully saturated rings. The van der Waals surface area contributed by atoms with E-state index in [2.05, 4.69) is 16.4 Å². The van der Waals surface area contributed by atoms with Crippen molar-refractivity contribution in [1.82, 2.24) is 4.98 Å². The first-order valence-corrected chi connectivity index (χ1v) is 6.44. The number of para-hydroxylation sites is 2.